The molecule has 2 rings (SSSR count). The summed E-state index contributed by atoms with van der Waals surface area (Å²) in [6.45, 7) is 1.98. The zero-order chi connectivity index (χ0) is 14.5. The number of hydrogen-bond donors (Lipinski definition) is 1. The Bertz CT molecular complexity index is 539. The summed E-state index contributed by atoms with van der Waals surface area (Å²) in [6.07, 6.45) is 0.770. The molecule has 0 aliphatic heterocycles. The molecular weight excluding hydrogens is 250 g/mol. The van der Waals surface area contributed by atoms with Crippen molar-refractivity contribution in [2.24, 2.45) is 5.73 Å². The van der Waals surface area contributed by atoms with E-state index in [1.165, 1.54) is 5.56 Å². The van der Waals surface area contributed by atoms with E-state index in [1.54, 1.807) is 14.2 Å². The van der Waals surface area contributed by atoms with E-state index in [-0.39, 0.29) is 6.04 Å². The zero-order valence-electron chi connectivity index (χ0n) is 12.2. The maximum Gasteiger partial charge on any atom is 0.126 e. The predicted octanol–water partition coefficient (Wildman–Crippen LogP) is 3.31. The highest BCUT2D eigenvalue weighted by Crippen LogP contribution is 2.30. The summed E-state index contributed by atoms with van der Waals surface area (Å²) in [6, 6.07) is 14.2. The Balaban J connectivity index is 2.29. The van der Waals surface area contributed by atoms with E-state index in [2.05, 4.69) is 24.3 Å². The van der Waals surface area contributed by atoms with Crippen LogP contribution in [-0.4, -0.2) is 14.2 Å². The molecule has 106 valence electrons. The first-order valence-electron chi connectivity index (χ1n) is 6.70. The highest BCUT2D eigenvalue weighted by molar-refractivity contribution is 5.47. The topological polar surface area (TPSA) is 44.5 Å². The Morgan fingerprint density at radius 1 is 0.950 bits per heavy atom. The van der Waals surface area contributed by atoms with Gasteiger partial charge in [0.15, 0.2) is 0 Å². The number of rotatable bonds is 5. The molecule has 0 fully saturated rings. The van der Waals surface area contributed by atoms with E-state index in [9.17, 15) is 0 Å². The van der Waals surface area contributed by atoms with E-state index < -0.39 is 0 Å². The van der Waals surface area contributed by atoms with Gasteiger partial charge in [0.1, 0.15) is 11.5 Å². The average molecular weight is 271 g/mol. The van der Waals surface area contributed by atoms with Crippen molar-refractivity contribution < 1.29 is 9.47 Å². The molecule has 0 aliphatic rings. The van der Waals surface area contributed by atoms with Gasteiger partial charge in [-0.3, -0.25) is 0 Å². The van der Waals surface area contributed by atoms with Crippen LogP contribution in [-0.2, 0) is 6.42 Å². The predicted molar refractivity (Wildman–Crippen MR) is 81.4 cm³/mol. The number of methoxy groups -OCH3 is 2. The van der Waals surface area contributed by atoms with Crippen molar-refractivity contribution in [1.29, 1.82) is 0 Å². The number of ether oxygens (including phenoxy) is 2. The molecule has 0 spiro atoms. The SMILES string of the molecule is COc1cccc(OC)c1Cc1ccc(C(C)N)cc1. The van der Waals surface area contributed by atoms with E-state index in [0.29, 0.717) is 0 Å². The third-order valence-corrected chi connectivity index (χ3v) is 3.42. The standard InChI is InChI=1S/C17H21NO2/c1-12(18)14-9-7-13(8-10-14)11-15-16(19-2)5-4-6-17(15)20-3/h4-10,12H,11,18H2,1-3H3. The molecule has 3 nitrogen and oxygen atoms in total. The minimum atomic E-state index is 0.0600. The molecular formula is C17H21NO2. The Kier molecular flexibility index (Phi) is 4.64. The molecule has 0 aromatic heterocycles. The second kappa shape index (κ2) is 6.44. The summed E-state index contributed by atoms with van der Waals surface area (Å²) >= 11 is 0. The summed E-state index contributed by atoms with van der Waals surface area (Å²) < 4.78 is 10.8. The highest BCUT2D eigenvalue weighted by Gasteiger charge is 2.10. The van der Waals surface area contributed by atoms with Gasteiger partial charge < -0.3 is 15.2 Å². The van der Waals surface area contributed by atoms with Gasteiger partial charge in [0.2, 0.25) is 0 Å². The fourth-order valence-electron chi connectivity index (χ4n) is 2.25. The van der Waals surface area contributed by atoms with Crippen molar-refractivity contribution in [1.82, 2.24) is 0 Å². The van der Waals surface area contributed by atoms with Crippen LogP contribution in [0.5, 0.6) is 11.5 Å². The van der Waals surface area contributed by atoms with E-state index in [0.717, 1.165) is 29.0 Å². The Hall–Kier alpha value is -2.00. The van der Waals surface area contributed by atoms with Gasteiger partial charge in [-0.25, -0.2) is 0 Å². The van der Waals surface area contributed by atoms with Crippen molar-refractivity contribution in [3.8, 4) is 11.5 Å². The molecule has 0 aliphatic carbocycles. The van der Waals surface area contributed by atoms with Crippen LogP contribution in [0.2, 0.25) is 0 Å². The molecule has 2 aromatic carbocycles. The normalized spacial score (nSPS) is 12.0. The summed E-state index contributed by atoms with van der Waals surface area (Å²) in [5.74, 6) is 1.70. The molecule has 0 heterocycles. The molecule has 0 bridgehead atoms. The lowest BCUT2D eigenvalue weighted by molar-refractivity contribution is 0.387. The average Bonchev–Trinajstić information content (AvgIpc) is 2.48. The van der Waals surface area contributed by atoms with Gasteiger partial charge in [-0.05, 0) is 30.2 Å². The molecule has 1 unspecified atom stereocenters. The Morgan fingerprint density at radius 3 is 1.95 bits per heavy atom. The third-order valence-electron chi connectivity index (χ3n) is 3.42. The van der Waals surface area contributed by atoms with Crippen LogP contribution in [0.1, 0.15) is 29.7 Å². The van der Waals surface area contributed by atoms with Gasteiger partial charge in [0.25, 0.3) is 0 Å². The quantitative estimate of drug-likeness (QED) is 0.907. The van der Waals surface area contributed by atoms with Crippen LogP contribution in [0.15, 0.2) is 42.5 Å². The smallest absolute Gasteiger partial charge is 0.126 e. The van der Waals surface area contributed by atoms with Gasteiger partial charge in [0.05, 0.1) is 14.2 Å². The molecule has 0 radical (unpaired) electrons. The maximum atomic E-state index is 5.87. The Labute approximate surface area is 120 Å². The molecule has 0 saturated carbocycles. The Morgan fingerprint density at radius 2 is 1.50 bits per heavy atom. The summed E-state index contributed by atoms with van der Waals surface area (Å²) in [4.78, 5) is 0. The van der Waals surface area contributed by atoms with Crippen molar-refractivity contribution >= 4 is 0 Å². The summed E-state index contributed by atoms with van der Waals surface area (Å²) in [7, 11) is 3.36. The van der Waals surface area contributed by atoms with Gasteiger partial charge in [-0.15, -0.1) is 0 Å². The van der Waals surface area contributed by atoms with Crippen LogP contribution < -0.4 is 15.2 Å². The number of hydrogen-bond acceptors (Lipinski definition) is 3. The minimum absolute atomic E-state index is 0.0600. The maximum absolute atomic E-state index is 5.87. The zero-order valence-corrected chi connectivity index (χ0v) is 12.2. The van der Waals surface area contributed by atoms with Crippen molar-refractivity contribution in [3.05, 3.63) is 59.2 Å². The van der Waals surface area contributed by atoms with Gasteiger partial charge in [-0.1, -0.05) is 30.3 Å². The molecule has 20 heavy (non-hydrogen) atoms. The first kappa shape index (κ1) is 14.4. The van der Waals surface area contributed by atoms with Gasteiger partial charge >= 0.3 is 0 Å². The molecule has 2 aromatic rings. The lowest BCUT2D eigenvalue weighted by Crippen LogP contribution is -2.04. The van der Waals surface area contributed by atoms with Crippen LogP contribution >= 0.6 is 0 Å². The second-order valence-corrected chi connectivity index (χ2v) is 4.85. The molecule has 0 amide bonds. The second-order valence-electron chi connectivity index (χ2n) is 4.85. The van der Waals surface area contributed by atoms with Gasteiger partial charge in [-0.2, -0.15) is 0 Å². The minimum Gasteiger partial charge on any atom is -0.496 e. The highest BCUT2D eigenvalue weighted by atomic mass is 16.5. The molecule has 1 atom stereocenters. The van der Waals surface area contributed by atoms with Crippen molar-refractivity contribution in [2.45, 2.75) is 19.4 Å². The van der Waals surface area contributed by atoms with Crippen LogP contribution in [0.25, 0.3) is 0 Å². The fraction of sp³-hybridized carbons (Fsp3) is 0.294. The molecule has 2 N–H and O–H groups in total. The van der Waals surface area contributed by atoms with Gasteiger partial charge in [0, 0.05) is 18.0 Å². The first-order chi connectivity index (χ1) is 9.65. The number of benzene rings is 2. The van der Waals surface area contributed by atoms with Crippen molar-refractivity contribution in [3.63, 3.8) is 0 Å². The molecule has 0 saturated heterocycles. The van der Waals surface area contributed by atoms with E-state index in [4.69, 9.17) is 15.2 Å². The summed E-state index contributed by atoms with van der Waals surface area (Å²) in [5.41, 5.74) is 9.27. The largest absolute Gasteiger partial charge is 0.496 e. The lowest BCUT2D eigenvalue weighted by Gasteiger charge is -2.13. The lowest BCUT2D eigenvalue weighted by atomic mass is 10.0. The van der Waals surface area contributed by atoms with E-state index >= 15 is 0 Å². The monoisotopic (exact) mass is 271 g/mol. The first-order valence-corrected chi connectivity index (χ1v) is 6.70. The summed E-state index contributed by atoms with van der Waals surface area (Å²) in [5, 5.41) is 0. The third kappa shape index (κ3) is 3.11. The van der Waals surface area contributed by atoms with Crippen LogP contribution in [0.4, 0.5) is 0 Å². The van der Waals surface area contributed by atoms with E-state index in [1.807, 2.05) is 25.1 Å². The fourth-order valence-corrected chi connectivity index (χ4v) is 2.25. The van der Waals surface area contributed by atoms with Crippen LogP contribution in [0, 0.1) is 0 Å². The van der Waals surface area contributed by atoms with Crippen LogP contribution in [0.3, 0.4) is 0 Å². The molecule has 3 heteroatoms. The van der Waals surface area contributed by atoms with Crippen molar-refractivity contribution in [2.75, 3.05) is 14.2 Å². The number of nitrogens with two attached hydrogens (primary N) is 1.